The summed E-state index contributed by atoms with van der Waals surface area (Å²) in [5, 5.41) is 20.2. The Balaban J connectivity index is 2.07. The summed E-state index contributed by atoms with van der Waals surface area (Å²) < 4.78 is 10.5. The first-order chi connectivity index (χ1) is 13.2. The fourth-order valence-electron chi connectivity index (χ4n) is 2.47. The van der Waals surface area contributed by atoms with Crippen molar-refractivity contribution >= 4 is 11.9 Å². The smallest absolute Gasteiger partial charge is 0.303 e. The second-order valence-electron chi connectivity index (χ2n) is 6.99. The molecule has 0 atom stereocenters. The number of carbonyl (C=O) groups is 2. The second kappa shape index (κ2) is 9.32. The van der Waals surface area contributed by atoms with E-state index in [1.807, 2.05) is 0 Å². The Hall–Kier alpha value is -2.94. The van der Waals surface area contributed by atoms with Gasteiger partial charge in [-0.2, -0.15) is 9.90 Å². The number of nitrogens with zero attached hydrogens (tertiary/aromatic N) is 3. The highest BCUT2D eigenvalue weighted by atomic mass is 16.5. The first kappa shape index (κ1) is 21.4. The molecule has 1 aromatic heterocycles. The van der Waals surface area contributed by atoms with Gasteiger partial charge in [0.15, 0.2) is 5.69 Å². The van der Waals surface area contributed by atoms with E-state index in [1.54, 1.807) is 52.1 Å². The number of carbonyl (C=O) groups excluding carboxylic acids is 1. The van der Waals surface area contributed by atoms with Crippen LogP contribution in [0.4, 0.5) is 0 Å². The molecule has 2 N–H and O–H groups in total. The Morgan fingerprint density at radius 3 is 2.46 bits per heavy atom. The van der Waals surface area contributed by atoms with Crippen LogP contribution >= 0.6 is 0 Å². The van der Waals surface area contributed by atoms with Gasteiger partial charge in [-0.25, -0.2) is 0 Å². The van der Waals surface area contributed by atoms with E-state index in [9.17, 15) is 9.59 Å². The van der Waals surface area contributed by atoms with E-state index in [4.69, 9.17) is 14.6 Å². The molecule has 0 spiro atoms. The predicted molar refractivity (Wildman–Crippen MR) is 102 cm³/mol. The lowest BCUT2D eigenvalue weighted by atomic mass is 9.98. The summed E-state index contributed by atoms with van der Waals surface area (Å²) in [6.07, 6.45) is 0.281. The zero-order chi connectivity index (χ0) is 20.7. The molecule has 9 nitrogen and oxygen atoms in total. The lowest BCUT2D eigenvalue weighted by Gasteiger charge is -2.25. The quantitative estimate of drug-likeness (QED) is 0.596. The van der Waals surface area contributed by atoms with Crippen LogP contribution in [-0.4, -0.2) is 57.8 Å². The SMILES string of the molecule is COCCOc1ccc(-n2nc(C)c(C(=O)NC(C)(C)CCC(=O)O)n2)cc1. The van der Waals surface area contributed by atoms with E-state index in [0.29, 0.717) is 36.8 Å². The van der Waals surface area contributed by atoms with Gasteiger partial charge in [0.2, 0.25) is 0 Å². The minimum atomic E-state index is -0.904. The molecular weight excluding hydrogens is 364 g/mol. The van der Waals surface area contributed by atoms with Gasteiger partial charge < -0.3 is 19.9 Å². The zero-order valence-corrected chi connectivity index (χ0v) is 16.6. The maximum absolute atomic E-state index is 12.6. The van der Waals surface area contributed by atoms with Crippen molar-refractivity contribution in [1.29, 1.82) is 0 Å². The van der Waals surface area contributed by atoms with Gasteiger partial charge >= 0.3 is 5.97 Å². The van der Waals surface area contributed by atoms with Gasteiger partial charge in [0.25, 0.3) is 5.91 Å². The number of carboxylic acid groups (broad SMARTS) is 1. The van der Waals surface area contributed by atoms with Crippen LogP contribution in [0.15, 0.2) is 24.3 Å². The molecule has 9 heteroatoms. The van der Waals surface area contributed by atoms with Gasteiger partial charge in [0.05, 0.1) is 18.0 Å². The minimum absolute atomic E-state index is 0.0300. The number of amides is 1. The normalized spacial score (nSPS) is 11.3. The van der Waals surface area contributed by atoms with Gasteiger partial charge in [-0.1, -0.05) is 0 Å². The fraction of sp³-hybridized carbons (Fsp3) is 0.474. The number of rotatable bonds is 10. The molecule has 0 aliphatic heterocycles. The minimum Gasteiger partial charge on any atom is -0.491 e. The van der Waals surface area contributed by atoms with Crippen LogP contribution in [0, 0.1) is 6.92 Å². The number of benzene rings is 1. The molecule has 1 aromatic carbocycles. The Morgan fingerprint density at radius 1 is 1.18 bits per heavy atom. The lowest BCUT2D eigenvalue weighted by Crippen LogP contribution is -2.44. The van der Waals surface area contributed by atoms with Crippen molar-refractivity contribution in [2.45, 2.75) is 39.2 Å². The van der Waals surface area contributed by atoms with Crippen LogP contribution in [0.1, 0.15) is 42.9 Å². The number of methoxy groups -OCH3 is 1. The molecule has 0 saturated carbocycles. The maximum atomic E-state index is 12.6. The van der Waals surface area contributed by atoms with E-state index < -0.39 is 17.4 Å². The number of aromatic nitrogens is 3. The topological polar surface area (TPSA) is 116 Å². The number of ether oxygens (including phenoxy) is 2. The van der Waals surface area contributed by atoms with Crippen molar-refractivity contribution in [3.05, 3.63) is 35.7 Å². The fourth-order valence-corrected chi connectivity index (χ4v) is 2.47. The van der Waals surface area contributed by atoms with E-state index >= 15 is 0 Å². The summed E-state index contributed by atoms with van der Waals surface area (Å²) in [4.78, 5) is 24.7. The van der Waals surface area contributed by atoms with Crippen LogP contribution in [0.5, 0.6) is 5.75 Å². The zero-order valence-electron chi connectivity index (χ0n) is 16.6. The summed E-state index contributed by atoms with van der Waals surface area (Å²) >= 11 is 0. The molecule has 0 aliphatic rings. The standard InChI is InChI=1S/C19H26N4O5/c1-13-17(18(26)20-19(2,3)10-9-16(24)25)22-23(21-13)14-5-7-15(8-6-14)28-12-11-27-4/h5-8H,9-12H2,1-4H3,(H,20,26)(H,24,25). The highest BCUT2D eigenvalue weighted by molar-refractivity contribution is 5.93. The molecule has 2 rings (SSSR count). The van der Waals surface area contributed by atoms with Crippen LogP contribution in [0.2, 0.25) is 0 Å². The summed E-state index contributed by atoms with van der Waals surface area (Å²) in [6.45, 7) is 6.20. The van der Waals surface area contributed by atoms with Crippen molar-refractivity contribution in [3.63, 3.8) is 0 Å². The van der Waals surface area contributed by atoms with Crippen molar-refractivity contribution in [2.75, 3.05) is 20.3 Å². The summed E-state index contributed by atoms with van der Waals surface area (Å²) in [5.41, 5.74) is 0.689. The number of hydrogen-bond donors (Lipinski definition) is 2. The summed E-state index contributed by atoms with van der Waals surface area (Å²) in [7, 11) is 1.61. The summed E-state index contributed by atoms with van der Waals surface area (Å²) in [5.74, 6) is -0.597. The van der Waals surface area contributed by atoms with Crippen molar-refractivity contribution < 1.29 is 24.2 Å². The Labute approximate surface area is 163 Å². The van der Waals surface area contributed by atoms with Crippen LogP contribution in [-0.2, 0) is 9.53 Å². The van der Waals surface area contributed by atoms with Crippen LogP contribution < -0.4 is 10.1 Å². The molecule has 0 aliphatic carbocycles. The van der Waals surface area contributed by atoms with Gasteiger partial charge in [-0.15, -0.1) is 5.10 Å². The average molecular weight is 390 g/mol. The predicted octanol–water partition coefficient (Wildman–Crippen LogP) is 1.97. The number of aliphatic carboxylic acids is 1. The average Bonchev–Trinajstić information content (AvgIpc) is 3.02. The van der Waals surface area contributed by atoms with Crippen molar-refractivity contribution in [2.24, 2.45) is 0 Å². The Bertz CT molecular complexity index is 814. The van der Waals surface area contributed by atoms with Gasteiger partial charge in [0.1, 0.15) is 12.4 Å². The molecule has 28 heavy (non-hydrogen) atoms. The number of carboxylic acids is 1. The first-order valence-corrected chi connectivity index (χ1v) is 8.92. The second-order valence-corrected chi connectivity index (χ2v) is 6.99. The molecule has 1 amide bonds. The summed E-state index contributed by atoms with van der Waals surface area (Å²) in [6, 6.07) is 7.16. The Morgan fingerprint density at radius 2 is 1.86 bits per heavy atom. The highest BCUT2D eigenvalue weighted by Gasteiger charge is 2.25. The molecule has 0 radical (unpaired) electrons. The van der Waals surface area contributed by atoms with E-state index in [1.165, 1.54) is 4.80 Å². The molecule has 1 heterocycles. The molecule has 0 unspecified atom stereocenters. The van der Waals surface area contributed by atoms with Gasteiger partial charge in [-0.05, 0) is 51.5 Å². The molecular formula is C19H26N4O5. The third kappa shape index (κ3) is 6.05. The van der Waals surface area contributed by atoms with Crippen molar-refractivity contribution in [1.82, 2.24) is 20.3 Å². The highest BCUT2D eigenvalue weighted by Crippen LogP contribution is 2.16. The van der Waals surface area contributed by atoms with Crippen molar-refractivity contribution in [3.8, 4) is 11.4 Å². The lowest BCUT2D eigenvalue weighted by molar-refractivity contribution is -0.137. The Kier molecular flexibility index (Phi) is 7.11. The van der Waals surface area contributed by atoms with Gasteiger partial charge in [0, 0.05) is 19.1 Å². The third-order valence-electron chi connectivity index (χ3n) is 4.04. The molecule has 152 valence electrons. The number of nitrogens with one attached hydrogen (secondary N) is 1. The molecule has 2 aromatic rings. The van der Waals surface area contributed by atoms with Gasteiger partial charge in [-0.3, -0.25) is 9.59 Å². The molecule has 0 saturated heterocycles. The molecule has 0 fully saturated rings. The van der Waals surface area contributed by atoms with E-state index in [0.717, 1.165) is 0 Å². The van der Waals surface area contributed by atoms with Crippen LogP contribution in [0.25, 0.3) is 5.69 Å². The maximum Gasteiger partial charge on any atom is 0.303 e. The third-order valence-corrected chi connectivity index (χ3v) is 4.04. The number of aryl methyl sites for hydroxylation is 1. The molecule has 0 bridgehead atoms. The van der Waals surface area contributed by atoms with E-state index in [2.05, 4.69) is 15.5 Å². The number of hydrogen-bond acceptors (Lipinski definition) is 6. The largest absolute Gasteiger partial charge is 0.491 e. The van der Waals surface area contributed by atoms with E-state index in [-0.39, 0.29) is 12.1 Å². The first-order valence-electron chi connectivity index (χ1n) is 8.92. The van der Waals surface area contributed by atoms with Crippen LogP contribution in [0.3, 0.4) is 0 Å². The monoisotopic (exact) mass is 390 g/mol.